The number of aromatic nitrogens is 2. The highest BCUT2D eigenvalue weighted by molar-refractivity contribution is 5.93. The Morgan fingerprint density at radius 2 is 1.96 bits per heavy atom. The Labute approximate surface area is 145 Å². The molecule has 0 bridgehead atoms. The molecule has 130 valence electrons. The highest BCUT2D eigenvalue weighted by atomic mass is 35.5. The summed E-state index contributed by atoms with van der Waals surface area (Å²) in [6.45, 7) is 4.27. The molecule has 2 N–H and O–H groups in total. The van der Waals surface area contributed by atoms with E-state index in [0.717, 1.165) is 19.5 Å². The van der Waals surface area contributed by atoms with Gasteiger partial charge in [0, 0.05) is 31.4 Å². The first-order valence-electron chi connectivity index (χ1n) is 7.40. The summed E-state index contributed by atoms with van der Waals surface area (Å²) >= 11 is 0. The first-order valence-corrected chi connectivity index (χ1v) is 7.40. The predicted octanol–water partition coefficient (Wildman–Crippen LogP) is 1.93. The van der Waals surface area contributed by atoms with Crippen LogP contribution >= 0.6 is 12.4 Å². The highest BCUT2D eigenvalue weighted by Crippen LogP contribution is 2.15. The van der Waals surface area contributed by atoms with Crippen molar-refractivity contribution in [1.29, 1.82) is 0 Å². The van der Waals surface area contributed by atoms with Crippen molar-refractivity contribution in [1.82, 2.24) is 20.4 Å². The van der Waals surface area contributed by atoms with Gasteiger partial charge < -0.3 is 10.6 Å². The Hall–Kier alpha value is -2.45. The number of rotatable bonds is 8. The van der Waals surface area contributed by atoms with Crippen LogP contribution in [0.25, 0.3) is 5.69 Å². The van der Waals surface area contributed by atoms with Gasteiger partial charge in [-0.2, -0.15) is 5.10 Å². The fourth-order valence-corrected chi connectivity index (χ4v) is 1.98. The zero-order valence-electron chi connectivity index (χ0n) is 13.3. The summed E-state index contributed by atoms with van der Waals surface area (Å²) in [5.74, 6) is -0.198. The lowest BCUT2D eigenvalue weighted by molar-refractivity contribution is -0.384. The molecule has 2 rings (SSSR count). The van der Waals surface area contributed by atoms with Gasteiger partial charge in [0.15, 0.2) is 0 Å². The van der Waals surface area contributed by atoms with Crippen LogP contribution in [0.1, 0.15) is 23.7 Å². The Kier molecular flexibility index (Phi) is 7.87. The second kappa shape index (κ2) is 9.64. The Morgan fingerprint density at radius 1 is 1.25 bits per heavy atom. The van der Waals surface area contributed by atoms with Crippen molar-refractivity contribution in [2.24, 2.45) is 0 Å². The van der Waals surface area contributed by atoms with Crippen LogP contribution in [-0.4, -0.2) is 40.2 Å². The number of carbonyl (C=O) groups excluding carboxylic acids is 1. The number of halogens is 1. The van der Waals surface area contributed by atoms with Crippen LogP contribution in [0.5, 0.6) is 0 Å². The van der Waals surface area contributed by atoms with Crippen molar-refractivity contribution >= 4 is 24.0 Å². The van der Waals surface area contributed by atoms with Crippen molar-refractivity contribution in [3.63, 3.8) is 0 Å². The maximum absolute atomic E-state index is 12.0. The van der Waals surface area contributed by atoms with Gasteiger partial charge in [-0.3, -0.25) is 14.9 Å². The smallest absolute Gasteiger partial charge is 0.269 e. The van der Waals surface area contributed by atoms with Gasteiger partial charge in [-0.1, -0.05) is 6.92 Å². The summed E-state index contributed by atoms with van der Waals surface area (Å²) in [7, 11) is 0. The molecule has 24 heavy (non-hydrogen) atoms. The van der Waals surface area contributed by atoms with E-state index in [9.17, 15) is 14.9 Å². The Bertz CT molecular complexity index is 672. The van der Waals surface area contributed by atoms with Crippen molar-refractivity contribution in [3.05, 3.63) is 52.3 Å². The largest absolute Gasteiger partial charge is 0.351 e. The van der Waals surface area contributed by atoms with Crippen LogP contribution in [0, 0.1) is 10.1 Å². The average Bonchev–Trinajstić information content (AvgIpc) is 3.04. The number of nitrogens with zero attached hydrogens (tertiary/aromatic N) is 3. The second-order valence-electron chi connectivity index (χ2n) is 4.95. The number of nitro groups is 1. The number of carbonyl (C=O) groups is 1. The number of benzene rings is 1. The molecular formula is C15H20ClN5O3. The molecule has 2 aromatic rings. The molecular weight excluding hydrogens is 334 g/mol. The minimum Gasteiger partial charge on any atom is -0.351 e. The number of amides is 1. The van der Waals surface area contributed by atoms with Gasteiger partial charge >= 0.3 is 0 Å². The van der Waals surface area contributed by atoms with Crippen molar-refractivity contribution in [3.8, 4) is 5.69 Å². The van der Waals surface area contributed by atoms with Gasteiger partial charge in [-0.15, -0.1) is 12.4 Å². The molecule has 0 radical (unpaired) electrons. The summed E-state index contributed by atoms with van der Waals surface area (Å²) in [4.78, 5) is 22.2. The van der Waals surface area contributed by atoms with Crippen LogP contribution in [0.15, 0.2) is 36.7 Å². The fourth-order valence-electron chi connectivity index (χ4n) is 1.98. The van der Waals surface area contributed by atoms with E-state index in [2.05, 4.69) is 22.7 Å². The molecule has 0 saturated carbocycles. The van der Waals surface area contributed by atoms with E-state index in [-0.39, 0.29) is 24.0 Å². The molecule has 0 unspecified atom stereocenters. The summed E-state index contributed by atoms with van der Waals surface area (Å²) < 4.78 is 1.51. The number of nitro benzene ring substituents is 1. The monoisotopic (exact) mass is 353 g/mol. The lowest BCUT2D eigenvalue weighted by Gasteiger charge is -2.04. The maximum Gasteiger partial charge on any atom is 0.269 e. The summed E-state index contributed by atoms with van der Waals surface area (Å²) in [6, 6.07) is 5.97. The molecule has 1 heterocycles. The zero-order chi connectivity index (χ0) is 16.7. The highest BCUT2D eigenvalue weighted by Gasteiger charge is 2.10. The van der Waals surface area contributed by atoms with E-state index in [1.807, 2.05) is 0 Å². The van der Waals surface area contributed by atoms with Gasteiger partial charge in [-0.25, -0.2) is 4.68 Å². The van der Waals surface area contributed by atoms with Crippen molar-refractivity contribution in [2.45, 2.75) is 13.3 Å². The van der Waals surface area contributed by atoms with Crippen molar-refractivity contribution < 1.29 is 9.72 Å². The molecule has 0 aliphatic carbocycles. The van der Waals surface area contributed by atoms with E-state index >= 15 is 0 Å². The number of hydrogen-bond donors (Lipinski definition) is 2. The van der Waals surface area contributed by atoms with Crippen molar-refractivity contribution in [2.75, 3.05) is 19.6 Å². The van der Waals surface area contributed by atoms with Crippen LogP contribution in [0.2, 0.25) is 0 Å². The van der Waals surface area contributed by atoms with Gasteiger partial charge in [0.05, 0.1) is 22.4 Å². The van der Waals surface area contributed by atoms with Crippen LogP contribution in [0.3, 0.4) is 0 Å². The molecule has 9 heteroatoms. The quantitative estimate of drug-likeness (QED) is 0.429. The Morgan fingerprint density at radius 3 is 2.58 bits per heavy atom. The molecule has 0 atom stereocenters. The summed E-state index contributed by atoms with van der Waals surface area (Å²) in [6.07, 6.45) is 4.11. The lowest BCUT2D eigenvalue weighted by Crippen LogP contribution is -2.31. The first-order chi connectivity index (χ1) is 11.1. The van der Waals surface area contributed by atoms with E-state index in [1.54, 1.807) is 18.3 Å². The first kappa shape index (κ1) is 19.6. The van der Waals surface area contributed by atoms with E-state index in [0.29, 0.717) is 17.8 Å². The molecule has 0 aliphatic rings. The molecule has 1 aromatic carbocycles. The number of non-ortho nitro benzene ring substituents is 1. The standard InChI is InChI=1S/C15H19N5O3.ClH/c1-2-7-16-8-9-17-15(21)12-10-18-19(11-12)13-3-5-14(6-4-13)20(22)23;/h3-6,10-11,16H,2,7-9H2,1H3,(H,17,21);1H. The summed E-state index contributed by atoms with van der Waals surface area (Å²) in [5.41, 5.74) is 1.11. The number of nitrogens with one attached hydrogen (secondary N) is 2. The van der Waals surface area contributed by atoms with Gasteiger partial charge in [0.25, 0.3) is 11.6 Å². The predicted molar refractivity (Wildman–Crippen MR) is 93.0 cm³/mol. The van der Waals surface area contributed by atoms with Gasteiger partial charge in [0.1, 0.15) is 0 Å². The third-order valence-electron chi connectivity index (χ3n) is 3.18. The average molecular weight is 354 g/mol. The normalized spacial score (nSPS) is 10.0. The SMILES string of the molecule is CCCNCCNC(=O)c1cnn(-c2ccc([N+](=O)[O-])cc2)c1.Cl. The van der Waals surface area contributed by atoms with E-state index in [4.69, 9.17) is 0 Å². The molecule has 0 saturated heterocycles. The summed E-state index contributed by atoms with van der Waals surface area (Å²) in [5, 5.41) is 20.7. The van der Waals surface area contributed by atoms with Crippen LogP contribution in [0.4, 0.5) is 5.69 Å². The third kappa shape index (κ3) is 5.32. The van der Waals surface area contributed by atoms with Gasteiger partial charge in [0.2, 0.25) is 0 Å². The molecule has 0 aliphatic heterocycles. The molecule has 1 aromatic heterocycles. The van der Waals surface area contributed by atoms with E-state index < -0.39 is 4.92 Å². The minimum atomic E-state index is -0.460. The maximum atomic E-state index is 12.0. The number of hydrogen-bond acceptors (Lipinski definition) is 5. The minimum absolute atomic E-state index is 0. The molecule has 1 amide bonds. The van der Waals surface area contributed by atoms with E-state index in [1.165, 1.54) is 23.0 Å². The van der Waals surface area contributed by atoms with Gasteiger partial charge in [-0.05, 0) is 25.1 Å². The molecule has 8 nitrogen and oxygen atoms in total. The molecule has 0 fully saturated rings. The van der Waals surface area contributed by atoms with Crippen LogP contribution in [-0.2, 0) is 0 Å². The van der Waals surface area contributed by atoms with Crippen LogP contribution < -0.4 is 10.6 Å². The lowest BCUT2D eigenvalue weighted by atomic mass is 10.3. The fraction of sp³-hybridized carbons (Fsp3) is 0.333. The Balaban J connectivity index is 0.00000288. The topological polar surface area (TPSA) is 102 Å². The third-order valence-corrected chi connectivity index (χ3v) is 3.18. The second-order valence-corrected chi connectivity index (χ2v) is 4.95. The zero-order valence-corrected chi connectivity index (χ0v) is 14.1. The molecule has 0 spiro atoms.